The summed E-state index contributed by atoms with van der Waals surface area (Å²) in [5, 5.41) is 11.9. The summed E-state index contributed by atoms with van der Waals surface area (Å²) >= 11 is 0. The molecule has 0 radical (unpaired) electrons. The number of rotatable bonds is 1. The van der Waals surface area contributed by atoms with E-state index in [0.29, 0.717) is 10.9 Å². The summed E-state index contributed by atoms with van der Waals surface area (Å²) in [7, 11) is 0. The molecule has 0 fully saturated rings. The van der Waals surface area contributed by atoms with E-state index in [1.54, 1.807) is 6.07 Å². The molecule has 2 aromatic rings. The van der Waals surface area contributed by atoms with Crippen molar-refractivity contribution in [1.82, 2.24) is 4.98 Å². The molecule has 1 heterocycles. The fraction of sp³-hybridized carbons (Fsp3) is 0.231. The van der Waals surface area contributed by atoms with Crippen LogP contribution in [0.4, 0.5) is 0 Å². The lowest BCUT2D eigenvalue weighted by atomic mass is 10.0. The molecule has 3 nitrogen and oxygen atoms in total. The number of aromatic carboxylic acids is 1. The Bertz CT molecular complexity index is 590. The predicted molar refractivity (Wildman–Crippen MR) is 58.1 cm³/mol. The van der Waals surface area contributed by atoms with Crippen LogP contribution in [0.2, 0.25) is 0 Å². The number of benzene rings is 1. The van der Waals surface area contributed by atoms with Crippen molar-refractivity contribution >= 4 is 16.9 Å². The molecule has 0 bridgehead atoms. The van der Waals surface area contributed by atoms with Gasteiger partial charge in [-0.25, -0.2) is 0 Å². The van der Waals surface area contributed by atoms with Crippen LogP contribution >= 0.6 is 0 Å². The summed E-state index contributed by atoms with van der Waals surface area (Å²) in [4.78, 5) is 15.7. The highest BCUT2D eigenvalue weighted by atomic mass is 16.4. The summed E-state index contributed by atoms with van der Waals surface area (Å²) in [6, 6.07) is 7.35. The van der Waals surface area contributed by atoms with Crippen LogP contribution in [0.25, 0.3) is 10.9 Å². The second-order valence-electron chi connectivity index (χ2n) is 4.07. The first-order valence-corrected chi connectivity index (χ1v) is 5.39. The molecule has 0 N–H and O–H groups in total. The maximum Gasteiger partial charge on any atom is 0.0725 e. The Balaban J connectivity index is 2.45. The Morgan fingerprint density at radius 3 is 2.88 bits per heavy atom. The summed E-state index contributed by atoms with van der Waals surface area (Å²) in [5.74, 6) is -1.09. The van der Waals surface area contributed by atoms with Gasteiger partial charge in [-0.1, -0.05) is 18.2 Å². The molecule has 0 unspecified atom stereocenters. The van der Waals surface area contributed by atoms with Gasteiger partial charge in [-0.15, -0.1) is 0 Å². The van der Waals surface area contributed by atoms with Gasteiger partial charge in [-0.05, 0) is 30.9 Å². The zero-order valence-electron chi connectivity index (χ0n) is 8.69. The molecule has 80 valence electrons. The monoisotopic (exact) mass is 212 g/mol. The van der Waals surface area contributed by atoms with Crippen LogP contribution in [0.1, 0.15) is 28.0 Å². The average Bonchev–Trinajstić information content (AvgIpc) is 2.72. The molecule has 0 saturated heterocycles. The van der Waals surface area contributed by atoms with E-state index in [0.717, 1.165) is 36.0 Å². The summed E-state index contributed by atoms with van der Waals surface area (Å²) in [5.41, 5.74) is 2.90. The lowest BCUT2D eigenvalue weighted by molar-refractivity contribution is -0.254. The molecule has 0 spiro atoms. The molecule has 0 saturated carbocycles. The van der Waals surface area contributed by atoms with Crippen LogP contribution in [0.3, 0.4) is 0 Å². The third-order valence-electron chi connectivity index (χ3n) is 3.12. The zero-order valence-corrected chi connectivity index (χ0v) is 8.69. The average molecular weight is 212 g/mol. The highest BCUT2D eigenvalue weighted by Gasteiger charge is 2.19. The molecular weight excluding hydrogens is 202 g/mol. The topological polar surface area (TPSA) is 53.0 Å². The number of hydrogen-bond donors (Lipinski definition) is 0. The van der Waals surface area contributed by atoms with E-state index in [2.05, 4.69) is 4.98 Å². The van der Waals surface area contributed by atoms with Crippen molar-refractivity contribution in [1.29, 1.82) is 0 Å². The zero-order chi connectivity index (χ0) is 11.1. The molecule has 3 heteroatoms. The molecule has 16 heavy (non-hydrogen) atoms. The standard InChI is InChI=1S/C13H11NO2/c15-13(16)12-8-4-1-2-6-10(8)14-11-7-3-5-9(11)12/h1-2,4,6H,3,5,7H2,(H,15,16)/p-1. The summed E-state index contributed by atoms with van der Waals surface area (Å²) in [6.45, 7) is 0. The van der Waals surface area contributed by atoms with Crippen molar-refractivity contribution in [2.45, 2.75) is 19.3 Å². The number of aryl methyl sites for hydroxylation is 1. The van der Waals surface area contributed by atoms with Crippen LogP contribution in [0.15, 0.2) is 24.3 Å². The van der Waals surface area contributed by atoms with Gasteiger partial charge >= 0.3 is 0 Å². The van der Waals surface area contributed by atoms with E-state index in [4.69, 9.17) is 0 Å². The minimum atomic E-state index is -1.09. The van der Waals surface area contributed by atoms with Crippen molar-refractivity contribution < 1.29 is 9.90 Å². The fourth-order valence-electron chi connectivity index (χ4n) is 2.44. The smallest absolute Gasteiger partial charge is 0.0725 e. The number of fused-ring (bicyclic) bond motifs is 2. The first-order chi connectivity index (χ1) is 7.77. The Morgan fingerprint density at radius 1 is 1.25 bits per heavy atom. The largest absolute Gasteiger partial charge is 0.545 e. The van der Waals surface area contributed by atoms with Gasteiger partial charge in [0.1, 0.15) is 0 Å². The highest BCUT2D eigenvalue weighted by Crippen LogP contribution is 2.29. The third kappa shape index (κ3) is 1.21. The van der Waals surface area contributed by atoms with Gasteiger partial charge in [0, 0.05) is 16.6 Å². The minimum Gasteiger partial charge on any atom is -0.545 e. The van der Waals surface area contributed by atoms with Crippen LogP contribution in [-0.2, 0) is 12.8 Å². The number of hydrogen-bond acceptors (Lipinski definition) is 3. The number of pyridine rings is 1. The van der Waals surface area contributed by atoms with Crippen LogP contribution in [-0.4, -0.2) is 11.0 Å². The maximum atomic E-state index is 11.2. The maximum absolute atomic E-state index is 11.2. The van der Waals surface area contributed by atoms with Crippen molar-refractivity contribution in [3.8, 4) is 0 Å². The molecule has 0 aliphatic heterocycles. The van der Waals surface area contributed by atoms with Gasteiger partial charge in [0.15, 0.2) is 0 Å². The summed E-state index contributed by atoms with van der Waals surface area (Å²) < 4.78 is 0. The van der Waals surface area contributed by atoms with Crippen molar-refractivity contribution in [3.05, 3.63) is 41.1 Å². The molecule has 1 aromatic heterocycles. The predicted octanol–water partition coefficient (Wildman–Crippen LogP) is 1.09. The Kier molecular flexibility index (Phi) is 1.93. The normalized spacial score (nSPS) is 14.0. The van der Waals surface area contributed by atoms with E-state index in [9.17, 15) is 9.90 Å². The Labute approximate surface area is 92.7 Å². The fourth-order valence-corrected chi connectivity index (χ4v) is 2.44. The molecule has 0 atom stereocenters. The number of nitrogens with zero attached hydrogens (tertiary/aromatic N) is 1. The SMILES string of the molecule is O=C([O-])c1c2c(nc3ccccc13)CCC2. The van der Waals surface area contributed by atoms with E-state index < -0.39 is 5.97 Å². The van der Waals surface area contributed by atoms with E-state index in [-0.39, 0.29) is 0 Å². The van der Waals surface area contributed by atoms with Crippen molar-refractivity contribution in [2.75, 3.05) is 0 Å². The number of carbonyl (C=O) groups excluding carboxylic acids is 1. The number of para-hydroxylation sites is 1. The molecule has 1 aliphatic carbocycles. The lowest BCUT2D eigenvalue weighted by Gasteiger charge is -2.12. The molecule has 3 rings (SSSR count). The third-order valence-corrected chi connectivity index (χ3v) is 3.12. The van der Waals surface area contributed by atoms with Crippen LogP contribution in [0.5, 0.6) is 0 Å². The molecule has 1 aromatic carbocycles. The first-order valence-electron chi connectivity index (χ1n) is 5.39. The Hall–Kier alpha value is -1.90. The number of aromatic nitrogens is 1. The molecule has 1 aliphatic rings. The van der Waals surface area contributed by atoms with Crippen LogP contribution in [0, 0.1) is 0 Å². The first kappa shape index (κ1) is 9.33. The van der Waals surface area contributed by atoms with Gasteiger partial charge in [0.2, 0.25) is 0 Å². The molecule has 0 amide bonds. The van der Waals surface area contributed by atoms with Crippen LogP contribution < -0.4 is 5.11 Å². The number of carbonyl (C=O) groups is 1. The lowest BCUT2D eigenvalue weighted by Crippen LogP contribution is -2.24. The second kappa shape index (κ2) is 3.30. The van der Waals surface area contributed by atoms with Gasteiger partial charge in [0.05, 0.1) is 11.5 Å². The quantitative estimate of drug-likeness (QED) is 0.711. The van der Waals surface area contributed by atoms with Gasteiger partial charge in [-0.3, -0.25) is 4.98 Å². The van der Waals surface area contributed by atoms with E-state index in [1.165, 1.54) is 0 Å². The highest BCUT2D eigenvalue weighted by molar-refractivity contribution is 6.03. The van der Waals surface area contributed by atoms with Crippen molar-refractivity contribution in [2.24, 2.45) is 0 Å². The number of carboxylic acids is 1. The molecular formula is C13H10NO2-. The number of carboxylic acid groups (broad SMARTS) is 1. The van der Waals surface area contributed by atoms with E-state index in [1.807, 2.05) is 18.2 Å². The second-order valence-corrected chi connectivity index (χ2v) is 4.07. The summed E-state index contributed by atoms with van der Waals surface area (Å²) in [6.07, 6.45) is 2.66. The van der Waals surface area contributed by atoms with E-state index >= 15 is 0 Å². The van der Waals surface area contributed by atoms with Gasteiger partial charge in [0.25, 0.3) is 0 Å². The van der Waals surface area contributed by atoms with Gasteiger partial charge < -0.3 is 9.90 Å². The van der Waals surface area contributed by atoms with Crippen molar-refractivity contribution in [3.63, 3.8) is 0 Å². The minimum absolute atomic E-state index is 0.345. The Morgan fingerprint density at radius 2 is 2.06 bits per heavy atom. The van der Waals surface area contributed by atoms with Gasteiger partial charge in [-0.2, -0.15) is 0 Å².